The van der Waals surface area contributed by atoms with Gasteiger partial charge in [0.2, 0.25) is 0 Å². The molecule has 1 aliphatic rings. The lowest BCUT2D eigenvalue weighted by Gasteiger charge is -2.25. The number of benzene rings is 1. The van der Waals surface area contributed by atoms with Gasteiger partial charge in [-0.15, -0.1) is 11.3 Å². The molecule has 0 atom stereocenters. The van der Waals surface area contributed by atoms with Crippen molar-refractivity contribution in [3.8, 4) is 0 Å². The van der Waals surface area contributed by atoms with Crippen LogP contribution in [0.5, 0.6) is 0 Å². The molecule has 126 valence electrons. The maximum absolute atomic E-state index is 12.2. The minimum absolute atomic E-state index is 0.166. The molecule has 25 heavy (non-hydrogen) atoms. The number of thiazole rings is 1. The third-order valence-corrected chi connectivity index (χ3v) is 5.20. The third-order valence-electron chi connectivity index (χ3n) is 4.20. The number of carbonyl (C=O) groups is 1. The zero-order chi connectivity index (χ0) is 17.1. The molecule has 1 aliphatic heterocycles. The van der Waals surface area contributed by atoms with E-state index in [2.05, 4.69) is 44.5 Å². The van der Waals surface area contributed by atoms with Gasteiger partial charge in [0.1, 0.15) is 0 Å². The topological polar surface area (TPSA) is 58.1 Å². The molecule has 1 amide bonds. The molecule has 0 unspecified atom stereocenters. The lowest BCUT2D eigenvalue weighted by atomic mass is 10.1. The molecule has 0 bridgehead atoms. The largest absolute Gasteiger partial charge is 0.298 e. The molecule has 6 heteroatoms. The molecule has 0 saturated heterocycles. The van der Waals surface area contributed by atoms with Crippen molar-refractivity contribution in [2.75, 3.05) is 11.9 Å². The fraction of sp³-hybridized carbons (Fsp3) is 0.211. The van der Waals surface area contributed by atoms with Gasteiger partial charge in [-0.1, -0.05) is 30.3 Å². The normalized spacial score (nSPS) is 14.1. The van der Waals surface area contributed by atoms with Crippen LogP contribution in [0.3, 0.4) is 0 Å². The molecular weight excluding hydrogens is 332 g/mol. The molecule has 0 saturated carbocycles. The Bertz CT molecular complexity index is 864. The summed E-state index contributed by atoms with van der Waals surface area (Å²) in [7, 11) is 0. The van der Waals surface area contributed by atoms with Gasteiger partial charge in [0.15, 0.2) is 5.13 Å². The Hall–Kier alpha value is -2.57. The van der Waals surface area contributed by atoms with Gasteiger partial charge in [-0.3, -0.25) is 20.0 Å². The Morgan fingerprint density at radius 1 is 1.20 bits per heavy atom. The van der Waals surface area contributed by atoms with Crippen LogP contribution in [0.1, 0.15) is 26.5 Å². The molecule has 3 aromatic rings. The zero-order valence-corrected chi connectivity index (χ0v) is 14.5. The van der Waals surface area contributed by atoms with Crippen LogP contribution in [-0.4, -0.2) is 27.3 Å². The Kier molecular flexibility index (Phi) is 4.54. The standard InChI is InChI=1S/C19H18N4OS/c24-18(15-7-4-9-20-11-15)22-19-21-16-8-10-23(13-17(16)25-19)12-14-5-2-1-3-6-14/h1-7,9,11H,8,10,12-13H2,(H,21,22,24). The minimum atomic E-state index is -0.166. The number of nitrogens with one attached hydrogen (secondary N) is 1. The molecule has 2 aromatic heterocycles. The van der Waals surface area contributed by atoms with E-state index in [4.69, 9.17) is 0 Å². The van der Waals surface area contributed by atoms with E-state index in [1.54, 1.807) is 35.9 Å². The van der Waals surface area contributed by atoms with Crippen LogP contribution >= 0.6 is 11.3 Å². The molecule has 4 rings (SSSR count). The van der Waals surface area contributed by atoms with Gasteiger partial charge in [0.25, 0.3) is 5.91 Å². The van der Waals surface area contributed by atoms with Crippen molar-refractivity contribution in [1.29, 1.82) is 0 Å². The fourth-order valence-corrected chi connectivity index (χ4v) is 3.99. The van der Waals surface area contributed by atoms with Gasteiger partial charge in [-0.2, -0.15) is 0 Å². The quantitative estimate of drug-likeness (QED) is 0.784. The van der Waals surface area contributed by atoms with Crippen LogP contribution in [0.25, 0.3) is 0 Å². The second-order valence-electron chi connectivity index (χ2n) is 6.03. The molecule has 1 N–H and O–H groups in total. The molecule has 0 fully saturated rings. The van der Waals surface area contributed by atoms with Crippen molar-refractivity contribution in [2.45, 2.75) is 19.5 Å². The second-order valence-corrected chi connectivity index (χ2v) is 7.11. The molecule has 3 heterocycles. The van der Waals surface area contributed by atoms with Gasteiger partial charge >= 0.3 is 0 Å². The minimum Gasteiger partial charge on any atom is -0.298 e. The summed E-state index contributed by atoms with van der Waals surface area (Å²) >= 11 is 1.57. The average Bonchev–Trinajstić information content (AvgIpc) is 3.05. The summed E-state index contributed by atoms with van der Waals surface area (Å²) < 4.78 is 0. The summed E-state index contributed by atoms with van der Waals surface area (Å²) in [5.74, 6) is -0.166. The van der Waals surface area contributed by atoms with Gasteiger partial charge < -0.3 is 0 Å². The van der Waals surface area contributed by atoms with Crippen molar-refractivity contribution in [2.24, 2.45) is 0 Å². The van der Waals surface area contributed by atoms with Crippen molar-refractivity contribution < 1.29 is 4.79 Å². The molecule has 0 aliphatic carbocycles. The highest BCUT2D eigenvalue weighted by Crippen LogP contribution is 2.29. The Morgan fingerprint density at radius 2 is 2.08 bits per heavy atom. The average molecular weight is 350 g/mol. The van der Waals surface area contributed by atoms with Crippen LogP contribution in [0, 0.1) is 0 Å². The molecule has 5 nitrogen and oxygen atoms in total. The Balaban J connectivity index is 1.43. The van der Waals surface area contributed by atoms with Gasteiger partial charge in [0.05, 0.1) is 11.3 Å². The maximum Gasteiger partial charge on any atom is 0.259 e. The van der Waals surface area contributed by atoms with E-state index in [1.807, 2.05) is 6.07 Å². The summed E-state index contributed by atoms with van der Waals surface area (Å²) in [6, 6.07) is 14.0. The maximum atomic E-state index is 12.2. The van der Waals surface area contributed by atoms with E-state index < -0.39 is 0 Å². The SMILES string of the molecule is O=C(Nc1nc2c(s1)CN(Cc1ccccc1)CC2)c1cccnc1. The van der Waals surface area contributed by atoms with Crippen molar-refractivity contribution in [1.82, 2.24) is 14.9 Å². The van der Waals surface area contributed by atoms with Crippen LogP contribution in [0.2, 0.25) is 0 Å². The highest BCUT2D eigenvalue weighted by atomic mass is 32.1. The Morgan fingerprint density at radius 3 is 2.88 bits per heavy atom. The van der Waals surface area contributed by atoms with E-state index >= 15 is 0 Å². The second kappa shape index (κ2) is 7.13. The fourth-order valence-electron chi connectivity index (χ4n) is 2.94. The monoisotopic (exact) mass is 350 g/mol. The predicted molar refractivity (Wildman–Crippen MR) is 98.6 cm³/mol. The van der Waals surface area contributed by atoms with Crippen molar-refractivity contribution in [3.63, 3.8) is 0 Å². The summed E-state index contributed by atoms with van der Waals surface area (Å²) in [4.78, 5) is 24.5. The number of pyridine rings is 1. The van der Waals surface area contributed by atoms with Crippen LogP contribution in [0.15, 0.2) is 54.9 Å². The van der Waals surface area contributed by atoms with Crippen molar-refractivity contribution >= 4 is 22.4 Å². The number of aromatic nitrogens is 2. The smallest absolute Gasteiger partial charge is 0.259 e. The van der Waals surface area contributed by atoms with Crippen LogP contribution in [-0.2, 0) is 19.5 Å². The van der Waals surface area contributed by atoms with Gasteiger partial charge in [-0.05, 0) is 17.7 Å². The highest BCUT2D eigenvalue weighted by Gasteiger charge is 2.21. The van der Waals surface area contributed by atoms with Crippen molar-refractivity contribution in [3.05, 3.63) is 76.6 Å². The number of hydrogen-bond donors (Lipinski definition) is 1. The zero-order valence-electron chi connectivity index (χ0n) is 13.7. The highest BCUT2D eigenvalue weighted by molar-refractivity contribution is 7.15. The number of rotatable bonds is 4. The lowest BCUT2D eigenvalue weighted by Crippen LogP contribution is -2.29. The van der Waals surface area contributed by atoms with Gasteiger partial charge in [-0.25, -0.2) is 4.98 Å². The molecule has 0 spiro atoms. The van der Waals surface area contributed by atoms with Gasteiger partial charge in [0, 0.05) is 43.3 Å². The van der Waals surface area contributed by atoms with E-state index in [9.17, 15) is 4.79 Å². The number of fused-ring (bicyclic) bond motifs is 1. The Labute approximate surface area is 150 Å². The van der Waals surface area contributed by atoms with E-state index in [-0.39, 0.29) is 5.91 Å². The molecule has 0 radical (unpaired) electrons. The summed E-state index contributed by atoms with van der Waals surface area (Å²) in [6.07, 6.45) is 4.13. The van der Waals surface area contributed by atoms with E-state index in [0.29, 0.717) is 10.7 Å². The number of amides is 1. The first-order valence-corrected chi connectivity index (χ1v) is 9.06. The van der Waals surface area contributed by atoms with Crippen LogP contribution in [0.4, 0.5) is 5.13 Å². The molecular formula is C19H18N4OS. The number of nitrogens with zero attached hydrogens (tertiary/aromatic N) is 3. The first-order chi connectivity index (χ1) is 12.3. The first-order valence-electron chi connectivity index (χ1n) is 8.24. The number of carbonyl (C=O) groups excluding carboxylic acids is 1. The van der Waals surface area contributed by atoms with Crippen LogP contribution < -0.4 is 5.32 Å². The number of hydrogen-bond acceptors (Lipinski definition) is 5. The predicted octanol–water partition coefficient (Wildman–Crippen LogP) is 3.35. The third kappa shape index (κ3) is 3.75. The van der Waals surface area contributed by atoms with E-state index in [0.717, 1.165) is 31.7 Å². The number of anilines is 1. The lowest BCUT2D eigenvalue weighted by molar-refractivity contribution is 0.102. The summed E-state index contributed by atoms with van der Waals surface area (Å²) in [5.41, 5.74) is 2.97. The summed E-state index contributed by atoms with van der Waals surface area (Å²) in [5, 5.41) is 3.56. The first kappa shape index (κ1) is 15.9. The molecule has 1 aromatic carbocycles. The van der Waals surface area contributed by atoms with E-state index in [1.165, 1.54) is 10.4 Å². The summed E-state index contributed by atoms with van der Waals surface area (Å²) in [6.45, 7) is 2.81.